The van der Waals surface area contributed by atoms with E-state index >= 15 is 0 Å². The summed E-state index contributed by atoms with van der Waals surface area (Å²) in [7, 11) is 3.12. The van der Waals surface area contributed by atoms with Crippen molar-refractivity contribution >= 4 is 32.5 Å². The minimum absolute atomic E-state index is 0.0961. The summed E-state index contributed by atoms with van der Waals surface area (Å²) in [5, 5.41) is 13.2. The second-order valence-corrected chi connectivity index (χ2v) is 6.12. The normalized spacial score (nSPS) is 11.3. The Morgan fingerprint density at radius 3 is 2.38 bits per heavy atom. The van der Waals surface area contributed by atoms with Crippen molar-refractivity contribution in [3.8, 4) is 17.2 Å². The highest BCUT2D eigenvalue weighted by molar-refractivity contribution is 6.19. The van der Waals surface area contributed by atoms with Crippen molar-refractivity contribution in [2.75, 3.05) is 14.2 Å². The summed E-state index contributed by atoms with van der Waals surface area (Å²) < 4.78 is 16.8. The van der Waals surface area contributed by atoms with Gasteiger partial charge in [0.15, 0.2) is 5.58 Å². The molecule has 0 atom stereocenters. The molecule has 1 heterocycles. The van der Waals surface area contributed by atoms with Gasteiger partial charge in [-0.05, 0) is 36.2 Å². The van der Waals surface area contributed by atoms with Crippen LogP contribution in [0.15, 0.2) is 45.6 Å². The zero-order chi connectivity index (χ0) is 18.4. The molecule has 0 spiro atoms. The van der Waals surface area contributed by atoms with Gasteiger partial charge in [0.1, 0.15) is 17.2 Å². The Balaban J connectivity index is 2.35. The molecule has 5 nitrogen and oxygen atoms in total. The van der Waals surface area contributed by atoms with Gasteiger partial charge in [0.25, 0.3) is 0 Å². The highest BCUT2D eigenvalue weighted by atomic mass is 16.5. The van der Waals surface area contributed by atoms with E-state index in [0.717, 1.165) is 12.0 Å². The number of phenols is 1. The van der Waals surface area contributed by atoms with Gasteiger partial charge in [-0.3, -0.25) is 0 Å². The van der Waals surface area contributed by atoms with Gasteiger partial charge in [-0.25, -0.2) is 4.79 Å². The minimum Gasteiger partial charge on any atom is -0.507 e. The summed E-state index contributed by atoms with van der Waals surface area (Å²) in [5.41, 5.74) is 0.910. The van der Waals surface area contributed by atoms with Crippen molar-refractivity contribution in [1.29, 1.82) is 0 Å². The van der Waals surface area contributed by atoms with Crippen LogP contribution in [0.3, 0.4) is 0 Å². The van der Waals surface area contributed by atoms with E-state index in [1.54, 1.807) is 38.5 Å². The first kappa shape index (κ1) is 16.3. The van der Waals surface area contributed by atoms with Crippen LogP contribution in [0.5, 0.6) is 17.2 Å². The first-order valence-electron chi connectivity index (χ1n) is 8.35. The van der Waals surface area contributed by atoms with Gasteiger partial charge < -0.3 is 19.0 Å². The van der Waals surface area contributed by atoms with Gasteiger partial charge in [0.05, 0.1) is 25.0 Å². The van der Waals surface area contributed by atoms with E-state index < -0.39 is 5.63 Å². The number of hydrogen-bond acceptors (Lipinski definition) is 5. The largest absolute Gasteiger partial charge is 0.507 e. The molecule has 132 valence electrons. The monoisotopic (exact) mass is 350 g/mol. The van der Waals surface area contributed by atoms with Crippen molar-refractivity contribution in [3.63, 3.8) is 0 Å². The van der Waals surface area contributed by atoms with E-state index in [0.29, 0.717) is 44.0 Å². The summed E-state index contributed by atoms with van der Waals surface area (Å²) in [6.07, 6.45) is 0.770. The summed E-state index contributed by atoms with van der Waals surface area (Å²) in [6.45, 7) is 2.01. The number of aryl methyl sites for hydroxylation is 1. The Morgan fingerprint density at radius 2 is 1.69 bits per heavy atom. The lowest BCUT2D eigenvalue weighted by molar-refractivity contribution is 0.415. The molecular weight excluding hydrogens is 332 g/mol. The van der Waals surface area contributed by atoms with Crippen LogP contribution in [0, 0.1) is 0 Å². The van der Waals surface area contributed by atoms with Crippen molar-refractivity contribution in [2.45, 2.75) is 13.3 Å². The fraction of sp³-hybridized carbons (Fsp3) is 0.190. The molecule has 0 aliphatic rings. The molecule has 0 aliphatic carbocycles. The van der Waals surface area contributed by atoms with Gasteiger partial charge >= 0.3 is 5.63 Å². The van der Waals surface area contributed by atoms with Gasteiger partial charge in [0, 0.05) is 16.2 Å². The van der Waals surface area contributed by atoms with Crippen molar-refractivity contribution in [1.82, 2.24) is 0 Å². The van der Waals surface area contributed by atoms with Gasteiger partial charge in [-0.1, -0.05) is 19.1 Å². The fourth-order valence-corrected chi connectivity index (χ4v) is 3.46. The van der Waals surface area contributed by atoms with E-state index in [1.807, 2.05) is 19.1 Å². The lowest BCUT2D eigenvalue weighted by Crippen LogP contribution is -2.03. The quantitative estimate of drug-likeness (QED) is 0.438. The Kier molecular flexibility index (Phi) is 3.72. The average molecular weight is 350 g/mol. The second kappa shape index (κ2) is 5.95. The third-order valence-electron chi connectivity index (χ3n) is 4.75. The van der Waals surface area contributed by atoms with Gasteiger partial charge in [0.2, 0.25) is 0 Å². The van der Waals surface area contributed by atoms with E-state index in [9.17, 15) is 9.90 Å². The molecular formula is C21H18O5. The predicted octanol–water partition coefficient (Wildman–Crippen LogP) is 4.38. The molecule has 0 radical (unpaired) electrons. The lowest BCUT2D eigenvalue weighted by Gasteiger charge is -2.14. The molecule has 0 unspecified atom stereocenters. The standard InChI is InChI=1S/C21H18O5/c1-4-11-8-14-18(16(9-11)24-2)19-17(25-3)10-13-12(6-5-7-15(13)22)20(19)26-21(14)23/h5-10,22H,4H2,1-3H3. The third-order valence-corrected chi connectivity index (χ3v) is 4.75. The van der Waals surface area contributed by atoms with Crippen LogP contribution in [0.4, 0.5) is 0 Å². The maximum absolute atomic E-state index is 12.7. The number of fused-ring (bicyclic) bond motifs is 5. The van der Waals surface area contributed by atoms with Crippen molar-refractivity contribution < 1.29 is 19.0 Å². The van der Waals surface area contributed by atoms with E-state index in [-0.39, 0.29) is 5.75 Å². The zero-order valence-electron chi connectivity index (χ0n) is 14.8. The molecule has 0 amide bonds. The molecule has 1 aromatic heterocycles. The van der Waals surface area contributed by atoms with Crippen LogP contribution in [0.1, 0.15) is 12.5 Å². The number of ether oxygens (including phenoxy) is 2. The molecule has 0 saturated heterocycles. The summed E-state index contributed by atoms with van der Waals surface area (Å²) in [5.74, 6) is 1.19. The van der Waals surface area contributed by atoms with Crippen LogP contribution in [0.2, 0.25) is 0 Å². The maximum Gasteiger partial charge on any atom is 0.344 e. The van der Waals surface area contributed by atoms with E-state index in [1.165, 1.54) is 0 Å². The maximum atomic E-state index is 12.7. The van der Waals surface area contributed by atoms with Crippen molar-refractivity contribution in [3.05, 3.63) is 52.4 Å². The lowest BCUT2D eigenvalue weighted by atomic mass is 9.98. The predicted molar refractivity (Wildman–Crippen MR) is 102 cm³/mol. The minimum atomic E-state index is -0.445. The molecule has 0 fully saturated rings. The van der Waals surface area contributed by atoms with Crippen LogP contribution in [-0.2, 0) is 6.42 Å². The van der Waals surface area contributed by atoms with E-state index in [4.69, 9.17) is 13.9 Å². The number of rotatable bonds is 3. The topological polar surface area (TPSA) is 68.9 Å². The molecule has 0 saturated carbocycles. The molecule has 0 aliphatic heterocycles. The molecule has 1 N–H and O–H groups in total. The number of benzene rings is 3. The smallest absolute Gasteiger partial charge is 0.344 e. The first-order valence-corrected chi connectivity index (χ1v) is 8.35. The van der Waals surface area contributed by atoms with Gasteiger partial charge in [-0.2, -0.15) is 0 Å². The Bertz CT molecular complexity index is 1220. The molecule has 4 aromatic rings. The molecule has 5 heteroatoms. The Morgan fingerprint density at radius 1 is 0.962 bits per heavy atom. The summed E-state index contributed by atoms with van der Waals surface area (Å²) in [6, 6.07) is 10.6. The van der Waals surface area contributed by atoms with Crippen molar-refractivity contribution in [2.24, 2.45) is 0 Å². The van der Waals surface area contributed by atoms with Crippen LogP contribution in [0.25, 0.3) is 32.5 Å². The van der Waals surface area contributed by atoms with Gasteiger partial charge in [-0.15, -0.1) is 0 Å². The molecule has 3 aromatic carbocycles. The van der Waals surface area contributed by atoms with Crippen LogP contribution < -0.4 is 15.1 Å². The SMILES string of the molecule is CCc1cc(OC)c2c(c1)c(=O)oc1c3cccc(O)c3cc(OC)c12. The van der Waals surface area contributed by atoms with E-state index in [2.05, 4.69) is 0 Å². The first-order chi connectivity index (χ1) is 12.6. The second-order valence-electron chi connectivity index (χ2n) is 6.12. The summed E-state index contributed by atoms with van der Waals surface area (Å²) >= 11 is 0. The summed E-state index contributed by atoms with van der Waals surface area (Å²) in [4.78, 5) is 12.7. The highest BCUT2D eigenvalue weighted by Gasteiger charge is 2.20. The third kappa shape index (κ3) is 2.20. The molecule has 26 heavy (non-hydrogen) atoms. The number of phenolic OH excluding ortho intramolecular Hbond substituents is 1. The number of aromatic hydroxyl groups is 1. The zero-order valence-corrected chi connectivity index (χ0v) is 14.8. The number of methoxy groups -OCH3 is 2. The Hall–Kier alpha value is -3.21. The highest BCUT2D eigenvalue weighted by Crippen LogP contribution is 2.42. The van der Waals surface area contributed by atoms with Crippen LogP contribution in [-0.4, -0.2) is 19.3 Å². The molecule has 0 bridgehead atoms. The molecule has 4 rings (SSSR count). The number of hydrogen-bond donors (Lipinski definition) is 1. The van der Waals surface area contributed by atoms with Crippen LogP contribution >= 0.6 is 0 Å². The fourth-order valence-electron chi connectivity index (χ4n) is 3.46. The average Bonchev–Trinajstić information content (AvgIpc) is 2.67. The Labute approximate surface area is 149 Å².